The highest BCUT2D eigenvalue weighted by atomic mass is 79.9. The molecule has 7 nitrogen and oxygen atoms in total. The van der Waals surface area contributed by atoms with Crippen LogP contribution in [0.3, 0.4) is 0 Å². The highest BCUT2D eigenvalue weighted by molar-refractivity contribution is 9.10. The molecule has 0 saturated heterocycles. The van der Waals surface area contributed by atoms with Gasteiger partial charge in [0.15, 0.2) is 0 Å². The zero-order valence-electron chi connectivity index (χ0n) is 26.7. The molecule has 254 valence electrons. The number of benzene rings is 4. The molecule has 0 aromatic heterocycles. The zero-order valence-corrected chi connectivity index (χ0v) is 29.1. The molecule has 0 aliphatic carbocycles. The summed E-state index contributed by atoms with van der Waals surface area (Å²) in [6.07, 6.45) is -4.03. The number of sulfonamides is 1. The first-order valence-corrected chi connectivity index (χ1v) is 17.6. The summed E-state index contributed by atoms with van der Waals surface area (Å²) in [5.74, 6) is -1.22. The molecule has 0 bridgehead atoms. The van der Waals surface area contributed by atoms with E-state index in [1.165, 1.54) is 23.1 Å². The third-order valence-electron chi connectivity index (χ3n) is 7.86. The molecule has 0 fully saturated rings. The Kier molecular flexibility index (Phi) is 12.1. The molecule has 0 radical (unpaired) electrons. The summed E-state index contributed by atoms with van der Waals surface area (Å²) >= 11 is 3.44. The molecule has 4 aromatic rings. The maximum absolute atomic E-state index is 14.5. The van der Waals surface area contributed by atoms with Crippen molar-refractivity contribution in [2.75, 3.05) is 10.8 Å². The van der Waals surface area contributed by atoms with E-state index in [-0.39, 0.29) is 29.6 Å². The molecule has 0 heterocycles. The smallest absolute Gasteiger partial charge is 0.352 e. The van der Waals surface area contributed by atoms with E-state index >= 15 is 0 Å². The Labute approximate surface area is 287 Å². The number of carbonyl (C=O) groups is 2. The number of rotatable bonds is 13. The minimum Gasteiger partial charge on any atom is -0.352 e. The van der Waals surface area contributed by atoms with E-state index in [0.717, 1.165) is 27.7 Å². The van der Waals surface area contributed by atoms with Crippen molar-refractivity contribution in [1.29, 1.82) is 0 Å². The lowest BCUT2D eigenvalue weighted by atomic mass is 10.0. The summed E-state index contributed by atoms with van der Waals surface area (Å²) in [5, 5.41) is 2.95. The molecule has 0 unspecified atom stereocenters. The Bertz CT molecular complexity index is 1820. The van der Waals surface area contributed by atoms with Gasteiger partial charge in [0, 0.05) is 23.5 Å². The normalized spacial score (nSPS) is 13.0. The molecule has 0 aliphatic heterocycles. The average Bonchev–Trinajstić information content (AvgIpc) is 3.05. The van der Waals surface area contributed by atoms with Gasteiger partial charge in [-0.1, -0.05) is 89.1 Å². The van der Waals surface area contributed by atoms with Gasteiger partial charge in [-0.25, -0.2) is 8.42 Å². The van der Waals surface area contributed by atoms with E-state index in [9.17, 15) is 31.2 Å². The summed E-state index contributed by atoms with van der Waals surface area (Å²) in [6, 6.07) is 24.5. The van der Waals surface area contributed by atoms with Crippen LogP contribution < -0.4 is 9.62 Å². The van der Waals surface area contributed by atoms with E-state index in [1.54, 1.807) is 43.3 Å². The van der Waals surface area contributed by atoms with Crippen LogP contribution in [-0.4, -0.2) is 43.8 Å². The van der Waals surface area contributed by atoms with Crippen LogP contribution in [0, 0.1) is 6.92 Å². The molecule has 1 N–H and O–H groups in total. The van der Waals surface area contributed by atoms with Crippen LogP contribution in [0.4, 0.5) is 18.9 Å². The van der Waals surface area contributed by atoms with Crippen molar-refractivity contribution >= 4 is 43.5 Å². The van der Waals surface area contributed by atoms with Crippen LogP contribution in [0.15, 0.2) is 112 Å². The Morgan fingerprint density at radius 3 is 2.15 bits per heavy atom. The fraction of sp³-hybridized carbons (Fsp3) is 0.278. The molecule has 4 rings (SSSR count). The number of halogens is 4. The van der Waals surface area contributed by atoms with Crippen LogP contribution in [-0.2, 0) is 38.8 Å². The quantitative estimate of drug-likeness (QED) is 0.154. The van der Waals surface area contributed by atoms with Crippen molar-refractivity contribution < 1.29 is 31.2 Å². The Hall–Kier alpha value is -4.16. The number of alkyl halides is 3. The van der Waals surface area contributed by atoms with Crippen LogP contribution in [0.25, 0.3) is 0 Å². The average molecular weight is 745 g/mol. The number of anilines is 1. The number of aryl methyl sites for hydroxylation is 1. The van der Waals surface area contributed by atoms with Gasteiger partial charge < -0.3 is 10.2 Å². The monoisotopic (exact) mass is 743 g/mol. The molecule has 0 spiro atoms. The maximum atomic E-state index is 14.5. The standard InChI is InChI=1S/C36H37BrF3N3O4S/c1-4-26(3)41-35(45)33(21-27-10-6-5-7-11-27)42(23-28-12-8-14-30(37)20-28)34(44)24-43(31-15-9-13-29(22-31)36(38,39)40)48(46,47)32-18-16-25(2)17-19-32/h5-20,22,26,33H,4,21,23-24H2,1-3H3,(H,41,45)/t26-,33+/m1/s1. The van der Waals surface area contributed by atoms with Crippen molar-refractivity contribution in [3.05, 3.63) is 130 Å². The van der Waals surface area contributed by atoms with Crippen molar-refractivity contribution in [3.63, 3.8) is 0 Å². The summed E-state index contributed by atoms with van der Waals surface area (Å²) in [6.45, 7) is 4.56. The zero-order chi connectivity index (χ0) is 35.1. The fourth-order valence-corrected chi connectivity index (χ4v) is 6.88. The van der Waals surface area contributed by atoms with E-state index in [1.807, 2.05) is 44.2 Å². The summed E-state index contributed by atoms with van der Waals surface area (Å²) in [4.78, 5) is 29.5. The lowest BCUT2D eigenvalue weighted by molar-refractivity contribution is -0.140. The van der Waals surface area contributed by atoms with Crippen molar-refractivity contribution in [2.24, 2.45) is 0 Å². The second-order valence-electron chi connectivity index (χ2n) is 11.5. The maximum Gasteiger partial charge on any atom is 0.416 e. The number of amides is 2. The lowest BCUT2D eigenvalue weighted by Gasteiger charge is -2.34. The number of carbonyl (C=O) groups excluding carboxylic acids is 2. The highest BCUT2D eigenvalue weighted by Crippen LogP contribution is 2.33. The van der Waals surface area contributed by atoms with E-state index in [4.69, 9.17) is 0 Å². The predicted octanol–water partition coefficient (Wildman–Crippen LogP) is 7.53. The first-order valence-electron chi connectivity index (χ1n) is 15.3. The molecule has 2 atom stereocenters. The van der Waals surface area contributed by atoms with Crippen LogP contribution in [0.1, 0.15) is 42.5 Å². The van der Waals surface area contributed by atoms with Gasteiger partial charge in [-0.15, -0.1) is 0 Å². The fourth-order valence-electron chi connectivity index (χ4n) is 5.03. The third-order valence-corrected chi connectivity index (χ3v) is 10.1. The molecule has 0 aliphatic rings. The molecule has 2 amide bonds. The van der Waals surface area contributed by atoms with Gasteiger partial charge in [-0.3, -0.25) is 13.9 Å². The van der Waals surface area contributed by atoms with Gasteiger partial charge in [-0.2, -0.15) is 13.2 Å². The first kappa shape index (κ1) is 36.7. The summed E-state index contributed by atoms with van der Waals surface area (Å²) in [7, 11) is -4.56. The van der Waals surface area contributed by atoms with Gasteiger partial charge in [0.05, 0.1) is 16.1 Å². The number of nitrogens with zero attached hydrogens (tertiary/aromatic N) is 2. The van der Waals surface area contributed by atoms with E-state index < -0.39 is 46.2 Å². The number of hydrogen-bond acceptors (Lipinski definition) is 4. The third kappa shape index (κ3) is 9.47. The summed E-state index contributed by atoms with van der Waals surface area (Å²) in [5.41, 5.74) is 0.768. The van der Waals surface area contributed by atoms with Crippen molar-refractivity contribution in [1.82, 2.24) is 10.2 Å². The Morgan fingerprint density at radius 1 is 0.875 bits per heavy atom. The second kappa shape index (κ2) is 15.8. The second-order valence-corrected chi connectivity index (χ2v) is 14.3. The van der Waals surface area contributed by atoms with Crippen molar-refractivity contribution in [2.45, 2.75) is 63.3 Å². The predicted molar refractivity (Wildman–Crippen MR) is 184 cm³/mol. The van der Waals surface area contributed by atoms with Gasteiger partial charge in [-0.05, 0) is 73.9 Å². The topological polar surface area (TPSA) is 86.8 Å². The number of hydrogen-bond donors (Lipinski definition) is 1. The minimum absolute atomic E-state index is 0.0787. The van der Waals surface area contributed by atoms with Crippen LogP contribution in [0.2, 0.25) is 0 Å². The largest absolute Gasteiger partial charge is 0.416 e. The van der Waals surface area contributed by atoms with Gasteiger partial charge in [0.25, 0.3) is 10.0 Å². The van der Waals surface area contributed by atoms with E-state index in [0.29, 0.717) is 22.4 Å². The minimum atomic E-state index is -4.76. The molecule has 12 heteroatoms. The first-order chi connectivity index (χ1) is 22.7. The Balaban J connectivity index is 1.85. The lowest BCUT2D eigenvalue weighted by Crippen LogP contribution is -2.54. The molecular formula is C36H37BrF3N3O4S. The number of nitrogens with one attached hydrogen (secondary N) is 1. The molecule has 4 aromatic carbocycles. The van der Waals surface area contributed by atoms with Gasteiger partial charge in [0.1, 0.15) is 12.6 Å². The van der Waals surface area contributed by atoms with Crippen LogP contribution >= 0.6 is 15.9 Å². The molecular weight excluding hydrogens is 707 g/mol. The van der Waals surface area contributed by atoms with Gasteiger partial charge >= 0.3 is 6.18 Å². The molecule has 0 saturated carbocycles. The highest BCUT2D eigenvalue weighted by Gasteiger charge is 2.36. The van der Waals surface area contributed by atoms with Gasteiger partial charge in [0.2, 0.25) is 11.8 Å². The summed E-state index contributed by atoms with van der Waals surface area (Å²) < 4.78 is 71.1. The molecule has 48 heavy (non-hydrogen) atoms. The SMILES string of the molecule is CC[C@@H](C)NC(=O)[C@H](Cc1ccccc1)N(Cc1cccc(Br)c1)C(=O)CN(c1cccc(C(F)(F)F)c1)S(=O)(=O)c1ccc(C)cc1. The van der Waals surface area contributed by atoms with E-state index in [2.05, 4.69) is 21.2 Å². The van der Waals surface area contributed by atoms with Crippen LogP contribution in [0.5, 0.6) is 0 Å². The van der Waals surface area contributed by atoms with Crippen molar-refractivity contribution in [3.8, 4) is 0 Å². The Morgan fingerprint density at radius 2 is 1.52 bits per heavy atom.